The lowest BCUT2D eigenvalue weighted by Gasteiger charge is -2.28. The van der Waals surface area contributed by atoms with Crippen molar-refractivity contribution in [3.63, 3.8) is 0 Å². The molecular formula is C12H24N2. The van der Waals surface area contributed by atoms with Gasteiger partial charge in [0.1, 0.15) is 0 Å². The Morgan fingerprint density at radius 3 is 2.29 bits per heavy atom. The summed E-state index contributed by atoms with van der Waals surface area (Å²) in [4.78, 5) is 0. The van der Waals surface area contributed by atoms with Gasteiger partial charge in [-0.15, -0.1) is 0 Å². The summed E-state index contributed by atoms with van der Waals surface area (Å²) in [7, 11) is 0. The van der Waals surface area contributed by atoms with Crippen molar-refractivity contribution in [2.45, 2.75) is 51.0 Å². The first-order chi connectivity index (χ1) is 6.95. The van der Waals surface area contributed by atoms with Crippen molar-refractivity contribution in [2.75, 3.05) is 19.6 Å². The van der Waals surface area contributed by atoms with E-state index in [1.165, 1.54) is 64.6 Å². The van der Waals surface area contributed by atoms with Crippen molar-refractivity contribution in [3.8, 4) is 0 Å². The van der Waals surface area contributed by atoms with Crippen LogP contribution in [-0.4, -0.2) is 25.7 Å². The molecular weight excluding hydrogens is 172 g/mol. The Morgan fingerprint density at radius 1 is 1.00 bits per heavy atom. The molecule has 2 N–H and O–H groups in total. The van der Waals surface area contributed by atoms with Crippen LogP contribution in [0.5, 0.6) is 0 Å². The fraction of sp³-hybridized carbons (Fsp3) is 1.00. The zero-order chi connectivity index (χ0) is 9.64. The zero-order valence-electron chi connectivity index (χ0n) is 9.23. The van der Waals surface area contributed by atoms with Gasteiger partial charge in [0.25, 0.3) is 0 Å². The molecule has 2 rings (SSSR count). The summed E-state index contributed by atoms with van der Waals surface area (Å²) in [6.45, 7) is 3.76. The molecule has 2 aliphatic rings. The second-order valence-corrected chi connectivity index (χ2v) is 4.96. The van der Waals surface area contributed by atoms with Crippen molar-refractivity contribution >= 4 is 0 Å². The highest BCUT2D eigenvalue weighted by atomic mass is 15.0. The molecule has 2 heteroatoms. The van der Waals surface area contributed by atoms with Gasteiger partial charge in [0, 0.05) is 6.04 Å². The summed E-state index contributed by atoms with van der Waals surface area (Å²) in [5.74, 6) is 0.966. The first-order valence-corrected chi connectivity index (χ1v) is 6.39. The molecule has 14 heavy (non-hydrogen) atoms. The van der Waals surface area contributed by atoms with Crippen molar-refractivity contribution in [1.82, 2.24) is 10.6 Å². The monoisotopic (exact) mass is 196 g/mol. The average Bonchev–Trinajstić information content (AvgIpc) is 2.37. The second kappa shape index (κ2) is 5.72. The molecule has 0 aromatic heterocycles. The summed E-state index contributed by atoms with van der Waals surface area (Å²) < 4.78 is 0. The molecule has 1 saturated carbocycles. The standard InChI is InChI=1S/C12H24N2/c1-2-4-6-12(5-3-1)14-8-7-11-9-13-10-11/h11-14H,1-10H2. The van der Waals surface area contributed by atoms with Crippen LogP contribution < -0.4 is 10.6 Å². The van der Waals surface area contributed by atoms with Crippen LogP contribution in [0, 0.1) is 5.92 Å². The quantitative estimate of drug-likeness (QED) is 0.671. The highest BCUT2D eigenvalue weighted by molar-refractivity contribution is 4.77. The molecule has 1 heterocycles. The molecule has 0 radical (unpaired) electrons. The van der Waals surface area contributed by atoms with E-state index in [9.17, 15) is 0 Å². The van der Waals surface area contributed by atoms with E-state index >= 15 is 0 Å². The van der Waals surface area contributed by atoms with Crippen LogP contribution in [0.15, 0.2) is 0 Å². The molecule has 1 aliphatic heterocycles. The summed E-state index contributed by atoms with van der Waals surface area (Å²) in [6, 6.07) is 0.838. The van der Waals surface area contributed by atoms with E-state index in [4.69, 9.17) is 0 Å². The minimum Gasteiger partial charge on any atom is -0.316 e. The number of hydrogen-bond acceptors (Lipinski definition) is 2. The van der Waals surface area contributed by atoms with Gasteiger partial charge in [-0.05, 0) is 44.8 Å². The Labute approximate surface area is 87.8 Å². The van der Waals surface area contributed by atoms with Crippen molar-refractivity contribution in [3.05, 3.63) is 0 Å². The third kappa shape index (κ3) is 3.25. The minimum absolute atomic E-state index is 0.838. The van der Waals surface area contributed by atoms with Crippen LogP contribution in [0.3, 0.4) is 0 Å². The van der Waals surface area contributed by atoms with Gasteiger partial charge in [-0.1, -0.05) is 25.7 Å². The molecule has 0 atom stereocenters. The first-order valence-electron chi connectivity index (χ1n) is 6.39. The van der Waals surface area contributed by atoms with Crippen LogP contribution in [0.25, 0.3) is 0 Å². The maximum atomic E-state index is 3.73. The molecule has 0 amide bonds. The van der Waals surface area contributed by atoms with E-state index in [0.717, 1.165) is 12.0 Å². The molecule has 0 aromatic carbocycles. The van der Waals surface area contributed by atoms with Gasteiger partial charge in [0.05, 0.1) is 0 Å². The SMILES string of the molecule is C1CCCC(NCCC2CNC2)CC1. The predicted molar refractivity (Wildman–Crippen MR) is 60.5 cm³/mol. The average molecular weight is 196 g/mol. The lowest BCUT2D eigenvalue weighted by atomic mass is 9.99. The number of hydrogen-bond donors (Lipinski definition) is 2. The topological polar surface area (TPSA) is 24.1 Å². The third-order valence-corrected chi connectivity index (χ3v) is 3.71. The van der Waals surface area contributed by atoms with E-state index in [-0.39, 0.29) is 0 Å². The predicted octanol–water partition coefficient (Wildman–Crippen LogP) is 1.91. The summed E-state index contributed by atoms with van der Waals surface area (Å²) >= 11 is 0. The lowest BCUT2D eigenvalue weighted by Crippen LogP contribution is -2.44. The fourth-order valence-corrected chi connectivity index (χ4v) is 2.53. The Bertz CT molecular complexity index is 146. The number of rotatable bonds is 4. The van der Waals surface area contributed by atoms with E-state index in [0.29, 0.717) is 0 Å². The fourth-order valence-electron chi connectivity index (χ4n) is 2.53. The third-order valence-electron chi connectivity index (χ3n) is 3.71. The summed E-state index contributed by atoms with van der Waals surface area (Å²) in [5.41, 5.74) is 0. The van der Waals surface area contributed by atoms with E-state index in [1.54, 1.807) is 0 Å². The highest BCUT2D eigenvalue weighted by Crippen LogP contribution is 2.17. The van der Waals surface area contributed by atoms with Crippen LogP contribution >= 0.6 is 0 Å². The van der Waals surface area contributed by atoms with E-state index < -0.39 is 0 Å². The van der Waals surface area contributed by atoms with Crippen molar-refractivity contribution < 1.29 is 0 Å². The van der Waals surface area contributed by atoms with Gasteiger partial charge in [-0.25, -0.2) is 0 Å². The minimum atomic E-state index is 0.838. The van der Waals surface area contributed by atoms with Gasteiger partial charge in [0.15, 0.2) is 0 Å². The van der Waals surface area contributed by atoms with Crippen molar-refractivity contribution in [2.24, 2.45) is 5.92 Å². The Morgan fingerprint density at radius 2 is 1.71 bits per heavy atom. The Kier molecular flexibility index (Phi) is 4.26. The van der Waals surface area contributed by atoms with Gasteiger partial charge >= 0.3 is 0 Å². The van der Waals surface area contributed by atoms with Crippen LogP contribution in [0.1, 0.15) is 44.9 Å². The summed E-state index contributed by atoms with van der Waals surface area (Å²) in [5, 5.41) is 7.06. The largest absolute Gasteiger partial charge is 0.316 e. The molecule has 0 bridgehead atoms. The molecule has 1 aliphatic carbocycles. The van der Waals surface area contributed by atoms with Gasteiger partial charge < -0.3 is 10.6 Å². The first kappa shape index (κ1) is 10.4. The Balaban J connectivity index is 1.54. The molecule has 0 unspecified atom stereocenters. The maximum Gasteiger partial charge on any atom is 0.00670 e. The van der Waals surface area contributed by atoms with Crippen LogP contribution in [0.2, 0.25) is 0 Å². The van der Waals surface area contributed by atoms with E-state index in [2.05, 4.69) is 10.6 Å². The highest BCUT2D eigenvalue weighted by Gasteiger charge is 2.17. The van der Waals surface area contributed by atoms with Crippen molar-refractivity contribution in [1.29, 1.82) is 0 Å². The number of nitrogens with one attached hydrogen (secondary N) is 2. The second-order valence-electron chi connectivity index (χ2n) is 4.96. The smallest absolute Gasteiger partial charge is 0.00670 e. The van der Waals surface area contributed by atoms with Crippen LogP contribution in [0.4, 0.5) is 0 Å². The molecule has 0 spiro atoms. The van der Waals surface area contributed by atoms with Crippen LogP contribution in [-0.2, 0) is 0 Å². The van der Waals surface area contributed by atoms with Gasteiger partial charge in [-0.3, -0.25) is 0 Å². The maximum absolute atomic E-state index is 3.73. The van der Waals surface area contributed by atoms with Gasteiger partial charge in [0.2, 0.25) is 0 Å². The van der Waals surface area contributed by atoms with E-state index in [1.807, 2.05) is 0 Å². The zero-order valence-corrected chi connectivity index (χ0v) is 9.23. The van der Waals surface area contributed by atoms with Gasteiger partial charge in [-0.2, -0.15) is 0 Å². The summed E-state index contributed by atoms with van der Waals surface area (Å²) in [6.07, 6.45) is 10.0. The molecule has 0 aromatic rings. The molecule has 1 saturated heterocycles. The Hall–Kier alpha value is -0.0800. The molecule has 2 nitrogen and oxygen atoms in total. The normalized spacial score (nSPS) is 25.7. The molecule has 82 valence electrons. The molecule has 2 fully saturated rings. The lowest BCUT2D eigenvalue weighted by molar-refractivity contribution is 0.312.